The minimum Gasteiger partial charge on any atom is -0.497 e. The molecule has 0 radical (unpaired) electrons. The van der Waals surface area contributed by atoms with Crippen LogP contribution >= 0.6 is 15.9 Å². The molecule has 1 nitrogen and oxygen atoms in total. The van der Waals surface area contributed by atoms with Gasteiger partial charge in [0.2, 0.25) is 0 Å². The average Bonchev–Trinajstić information content (AvgIpc) is 2.39. The van der Waals surface area contributed by atoms with Gasteiger partial charge in [0.05, 0.1) is 7.11 Å². The molecule has 1 aliphatic carbocycles. The molecule has 88 valence electrons. The second kappa shape index (κ2) is 5.72. The lowest BCUT2D eigenvalue weighted by atomic mass is 9.85. The van der Waals surface area contributed by atoms with E-state index in [1.807, 2.05) is 12.1 Å². The predicted molar refractivity (Wildman–Crippen MR) is 71.2 cm³/mol. The highest BCUT2D eigenvalue weighted by molar-refractivity contribution is 9.09. The third kappa shape index (κ3) is 2.79. The molecule has 2 heteroatoms. The van der Waals surface area contributed by atoms with Crippen LogP contribution in [0.4, 0.5) is 0 Å². The Morgan fingerprint density at radius 2 is 1.75 bits per heavy atom. The van der Waals surface area contributed by atoms with Crippen molar-refractivity contribution >= 4 is 15.9 Å². The first-order chi connectivity index (χ1) is 7.81. The van der Waals surface area contributed by atoms with E-state index in [2.05, 4.69) is 28.1 Å². The molecular weight excluding hydrogens is 264 g/mol. The van der Waals surface area contributed by atoms with Crippen molar-refractivity contribution in [1.29, 1.82) is 0 Å². The Kier molecular flexibility index (Phi) is 4.28. The van der Waals surface area contributed by atoms with Crippen LogP contribution in [-0.2, 0) is 0 Å². The molecule has 0 heterocycles. The van der Waals surface area contributed by atoms with Gasteiger partial charge < -0.3 is 4.74 Å². The van der Waals surface area contributed by atoms with E-state index in [0.717, 1.165) is 11.7 Å². The summed E-state index contributed by atoms with van der Waals surface area (Å²) in [5, 5.41) is 0. The number of halogens is 1. The summed E-state index contributed by atoms with van der Waals surface area (Å²) >= 11 is 3.85. The van der Waals surface area contributed by atoms with Gasteiger partial charge in [0.15, 0.2) is 0 Å². The summed E-state index contributed by atoms with van der Waals surface area (Å²) in [5.74, 6) is 1.74. The molecule has 0 spiro atoms. The molecule has 1 aromatic rings. The first-order valence-electron chi connectivity index (χ1n) is 6.09. The Morgan fingerprint density at radius 3 is 2.31 bits per heavy atom. The Labute approximate surface area is 106 Å². The van der Waals surface area contributed by atoms with Crippen LogP contribution in [0.25, 0.3) is 0 Å². The van der Waals surface area contributed by atoms with Gasteiger partial charge in [0, 0.05) is 4.83 Å². The third-order valence-electron chi connectivity index (χ3n) is 3.50. The maximum absolute atomic E-state index is 5.18. The number of hydrogen-bond donors (Lipinski definition) is 0. The quantitative estimate of drug-likeness (QED) is 0.730. The first kappa shape index (κ1) is 12.0. The molecular formula is C14H19BrO. The zero-order chi connectivity index (χ0) is 11.4. The summed E-state index contributed by atoms with van der Waals surface area (Å²) in [6.07, 6.45) is 6.93. The molecule has 0 amide bonds. The van der Waals surface area contributed by atoms with E-state index < -0.39 is 0 Å². The molecule has 1 fully saturated rings. The molecule has 1 unspecified atom stereocenters. The van der Waals surface area contributed by atoms with Crippen molar-refractivity contribution in [1.82, 2.24) is 0 Å². The van der Waals surface area contributed by atoms with Gasteiger partial charge in [-0.25, -0.2) is 0 Å². The summed E-state index contributed by atoms with van der Waals surface area (Å²) in [6, 6.07) is 8.44. The number of rotatable bonds is 3. The molecule has 1 atom stereocenters. The van der Waals surface area contributed by atoms with Crippen LogP contribution in [0.15, 0.2) is 24.3 Å². The van der Waals surface area contributed by atoms with Gasteiger partial charge in [-0.2, -0.15) is 0 Å². The van der Waals surface area contributed by atoms with Crippen molar-refractivity contribution in [3.8, 4) is 5.75 Å². The maximum Gasteiger partial charge on any atom is 0.118 e. The van der Waals surface area contributed by atoms with Crippen molar-refractivity contribution in [3.63, 3.8) is 0 Å². The van der Waals surface area contributed by atoms with Gasteiger partial charge in [-0.05, 0) is 36.5 Å². The highest BCUT2D eigenvalue weighted by Crippen LogP contribution is 2.40. The minimum atomic E-state index is 0.513. The fourth-order valence-corrected chi connectivity index (χ4v) is 3.32. The third-order valence-corrected chi connectivity index (χ3v) is 4.77. The van der Waals surface area contributed by atoms with Crippen LogP contribution in [0, 0.1) is 5.92 Å². The molecule has 1 aromatic carbocycles. The van der Waals surface area contributed by atoms with Gasteiger partial charge in [0.1, 0.15) is 5.75 Å². The second-order valence-electron chi connectivity index (χ2n) is 4.57. The van der Waals surface area contributed by atoms with Crippen LogP contribution in [0.5, 0.6) is 5.75 Å². The van der Waals surface area contributed by atoms with Crippen molar-refractivity contribution in [3.05, 3.63) is 29.8 Å². The highest BCUT2D eigenvalue weighted by Gasteiger charge is 2.22. The first-order valence-corrected chi connectivity index (χ1v) is 7.01. The Morgan fingerprint density at radius 1 is 1.12 bits per heavy atom. The molecule has 0 bridgehead atoms. The molecule has 0 aromatic heterocycles. The molecule has 16 heavy (non-hydrogen) atoms. The van der Waals surface area contributed by atoms with Gasteiger partial charge >= 0.3 is 0 Å². The topological polar surface area (TPSA) is 9.23 Å². The van der Waals surface area contributed by atoms with Gasteiger partial charge in [-0.15, -0.1) is 0 Å². The van der Waals surface area contributed by atoms with E-state index in [-0.39, 0.29) is 0 Å². The van der Waals surface area contributed by atoms with E-state index in [1.165, 1.54) is 37.7 Å². The lowest BCUT2D eigenvalue weighted by Crippen LogP contribution is -2.11. The lowest BCUT2D eigenvalue weighted by Gasteiger charge is -2.26. The molecule has 1 saturated carbocycles. The minimum absolute atomic E-state index is 0.513. The standard InChI is InChI=1S/C14H19BrO/c1-16-13-9-7-12(8-10-13)14(15)11-5-3-2-4-6-11/h7-11,14H,2-6H2,1H3. The normalized spacial score (nSPS) is 19.4. The van der Waals surface area contributed by atoms with Crippen LogP contribution in [-0.4, -0.2) is 7.11 Å². The number of benzene rings is 1. The smallest absolute Gasteiger partial charge is 0.118 e. The van der Waals surface area contributed by atoms with E-state index in [0.29, 0.717) is 4.83 Å². The van der Waals surface area contributed by atoms with Gasteiger partial charge in [-0.1, -0.05) is 47.3 Å². The predicted octanol–water partition coefficient (Wildman–Crippen LogP) is 4.71. The molecule has 0 saturated heterocycles. The van der Waals surface area contributed by atoms with Crippen molar-refractivity contribution in [2.75, 3.05) is 7.11 Å². The second-order valence-corrected chi connectivity index (χ2v) is 5.56. The van der Waals surface area contributed by atoms with Gasteiger partial charge in [-0.3, -0.25) is 0 Å². The van der Waals surface area contributed by atoms with E-state index in [1.54, 1.807) is 7.11 Å². The van der Waals surface area contributed by atoms with E-state index >= 15 is 0 Å². The number of ether oxygens (including phenoxy) is 1. The van der Waals surface area contributed by atoms with E-state index in [4.69, 9.17) is 4.74 Å². The van der Waals surface area contributed by atoms with Crippen molar-refractivity contribution < 1.29 is 4.74 Å². The highest BCUT2D eigenvalue weighted by atomic mass is 79.9. The summed E-state index contributed by atoms with van der Waals surface area (Å²) in [7, 11) is 1.71. The van der Waals surface area contributed by atoms with Crippen LogP contribution < -0.4 is 4.74 Å². The lowest BCUT2D eigenvalue weighted by molar-refractivity contribution is 0.354. The molecule has 0 aliphatic heterocycles. The molecule has 2 rings (SSSR count). The zero-order valence-electron chi connectivity index (χ0n) is 9.79. The average molecular weight is 283 g/mol. The SMILES string of the molecule is COc1ccc(C(Br)C2CCCCC2)cc1. The van der Waals surface area contributed by atoms with Crippen molar-refractivity contribution in [2.24, 2.45) is 5.92 Å². The largest absolute Gasteiger partial charge is 0.497 e. The van der Waals surface area contributed by atoms with Crippen LogP contribution in [0.3, 0.4) is 0 Å². The summed E-state index contributed by atoms with van der Waals surface area (Å²) < 4.78 is 5.18. The summed E-state index contributed by atoms with van der Waals surface area (Å²) in [4.78, 5) is 0.513. The number of alkyl halides is 1. The Hall–Kier alpha value is -0.500. The number of hydrogen-bond acceptors (Lipinski definition) is 1. The monoisotopic (exact) mass is 282 g/mol. The molecule has 1 aliphatic rings. The maximum atomic E-state index is 5.18. The number of methoxy groups -OCH3 is 1. The van der Waals surface area contributed by atoms with E-state index in [9.17, 15) is 0 Å². The zero-order valence-corrected chi connectivity index (χ0v) is 11.4. The summed E-state index contributed by atoms with van der Waals surface area (Å²) in [6.45, 7) is 0. The van der Waals surface area contributed by atoms with Crippen molar-refractivity contribution in [2.45, 2.75) is 36.9 Å². The Bertz CT molecular complexity index is 314. The Balaban J connectivity index is 2.04. The fraction of sp³-hybridized carbons (Fsp3) is 0.571. The summed E-state index contributed by atoms with van der Waals surface area (Å²) in [5.41, 5.74) is 1.38. The fourth-order valence-electron chi connectivity index (χ4n) is 2.49. The van der Waals surface area contributed by atoms with Crippen LogP contribution in [0.2, 0.25) is 0 Å². The van der Waals surface area contributed by atoms with Crippen LogP contribution in [0.1, 0.15) is 42.5 Å². The molecule has 0 N–H and O–H groups in total. The van der Waals surface area contributed by atoms with Gasteiger partial charge in [0.25, 0.3) is 0 Å².